The Morgan fingerprint density at radius 1 is 1.19 bits per heavy atom. The van der Waals surface area contributed by atoms with Crippen molar-refractivity contribution in [3.63, 3.8) is 0 Å². The van der Waals surface area contributed by atoms with E-state index in [1.54, 1.807) is 25.4 Å². The molecule has 6 rings (SSSR count). The first-order valence-electron chi connectivity index (χ1n) is 12.6. The molecular weight excluding hydrogens is 481 g/mol. The molecule has 0 radical (unpaired) electrons. The van der Waals surface area contributed by atoms with Crippen LogP contribution in [0.4, 0.5) is 13.2 Å². The molecule has 6 unspecified atom stereocenters. The summed E-state index contributed by atoms with van der Waals surface area (Å²) < 4.78 is 48.2. The van der Waals surface area contributed by atoms with Gasteiger partial charge in [-0.2, -0.15) is 0 Å². The number of quaternary nitrogens is 1. The van der Waals surface area contributed by atoms with Crippen LogP contribution < -0.4 is 9.47 Å². The zero-order valence-electron chi connectivity index (χ0n) is 20.6. The molecule has 1 N–H and O–H groups in total. The third-order valence-corrected chi connectivity index (χ3v) is 9.35. The molecule has 1 aromatic heterocycles. The van der Waals surface area contributed by atoms with E-state index in [-0.39, 0.29) is 17.3 Å². The largest absolute Gasteiger partial charge is 0.573 e. The summed E-state index contributed by atoms with van der Waals surface area (Å²) in [4.78, 5) is 4.48. The number of benzene rings is 2. The van der Waals surface area contributed by atoms with E-state index >= 15 is 0 Å². The summed E-state index contributed by atoms with van der Waals surface area (Å²) in [5, 5.41) is 12.9. The number of hydrogen-bond acceptors (Lipinski definition) is 4. The lowest BCUT2D eigenvalue weighted by molar-refractivity contribution is -1.05. The van der Waals surface area contributed by atoms with Crippen LogP contribution in [0.2, 0.25) is 0 Å². The monoisotopic (exact) mass is 511 g/mol. The van der Waals surface area contributed by atoms with Gasteiger partial charge in [-0.15, -0.1) is 19.8 Å². The summed E-state index contributed by atoms with van der Waals surface area (Å²) in [6.07, 6.45) is 1.34. The van der Waals surface area contributed by atoms with Crippen molar-refractivity contribution in [3.8, 4) is 11.5 Å². The van der Waals surface area contributed by atoms with Crippen molar-refractivity contribution in [2.24, 2.45) is 11.8 Å². The number of methoxy groups -OCH3 is 1. The van der Waals surface area contributed by atoms with Gasteiger partial charge in [-0.05, 0) is 60.0 Å². The van der Waals surface area contributed by atoms with E-state index in [1.807, 2.05) is 30.3 Å². The maximum atomic E-state index is 12.6. The Morgan fingerprint density at radius 3 is 2.59 bits per heavy atom. The van der Waals surface area contributed by atoms with E-state index in [0.29, 0.717) is 24.1 Å². The van der Waals surface area contributed by atoms with Crippen LogP contribution in [0.15, 0.2) is 67.4 Å². The Morgan fingerprint density at radius 2 is 1.95 bits per heavy atom. The number of ether oxygens (including phenoxy) is 2. The molecule has 3 fully saturated rings. The van der Waals surface area contributed by atoms with E-state index in [1.165, 1.54) is 12.1 Å². The minimum absolute atomic E-state index is 0.0494. The first kappa shape index (κ1) is 24.2. The van der Waals surface area contributed by atoms with Crippen molar-refractivity contribution in [3.05, 3.63) is 78.5 Å². The molecule has 3 aromatic rings. The Kier molecular flexibility index (Phi) is 5.55. The number of rotatable bonds is 7. The van der Waals surface area contributed by atoms with Gasteiger partial charge in [0.25, 0.3) is 0 Å². The van der Waals surface area contributed by atoms with Crippen LogP contribution in [0.5, 0.6) is 11.5 Å². The third kappa shape index (κ3) is 3.64. The molecule has 3 heterocycles. The molecule has 1 saturated carbocycles. The number of aliphatic hydroxyl groups excluding tert-OH is 1. The number of nitrogens with zero attached hydrogens (tertiary/aromatic N) is 2. The normalized spacial score (nSPS) is 31.0. The van der Waals surface area contributed by atoms with Crippen LogP contribution in [0.1, 0.15) is 36.5 Å². The van der Waals surface area contributed by atoms with E-state index in [2.05, 4.69) is 16.3 Å². The lowest BCUT2D eigenvalue weighted by Crippen LogP contribution is -2.79. The average Bonchev–Trinajstić information content (AvgIpc) is 2.99. The summed E-state index contributed by atoms with van der Waals surface area (Å²) in [5.74, 6) is 1.34. The van der Waals surface area contributed by atoms with Gasteiger partial charge in [0, 0.05) is 35.9 Å². The maximum Gasteiger partial charge on any atom is 0.573 e. The molecule has 0 amide bonds. The summed E-state index contributed by atoms with van der Waals surface area (Å²) >= 11 is 0. The summed E-state index contributed by atoms with van der Waals surface area (Å²) in [6.45, 7) is 5.64. The Balaban J connectivity index is 1.37. The Bertz CT molecular complexity index is 1340. The number of alkyl halides is 3. The van der Waals surface area contributed by atoms with Crippen LogP contribution in [0, 0.1) is 11.8 Å². The van der Waals surface area contributed by atoms with Crippen molar-refractivity contribution in [2.75, 3.05) is 13.7 Å². The zero-order valence-corrected chi connectivity index (χ0v) is 20.6. The molecule has 194 valence electrons. The van der Waals surface area contributed by atoms with Crippen LogP contribution >= 0.6 is 0 Å². The lowest BCUT2D eigenvalue weighted by atomic mass is 9.54. The predicted octanol–water partition coefficient (Wildman–Crippen LogP) is 5.93. The highest BCUT2D eigenvalue weighted by Gasteiger charge is 2.78. The van der Waals surface area contributed by atoms with Gasteiger partial charge in [-0.1, -0.05) is 6.08 Å². The highest BCUT2D eigenvalue weighted by Crippen LogP contribution is 2.69. The van der Waals surface area contributed by atoms with Crippen LogP contribution in [-0.2, 0) is 6.54 Å². The number of halogens is 3. The summed E-state index contributed by atoms with van der Waals surface area (Å²) in [7, 11) is 1.62. The third-order valence-electron chi connectivity index (χ3n) is 9.35. The number of allylic oxidation sites excluding steroid dienone is 1. The number of pyridine rings is 1. The molecule has 37 heavy (non-hydrogen) atoms. The fourth-order valence-corrected chi connectivity index (χ4v) is 7.64. The molecule has 1 aliphatic carbocycles. The van der Waals surface area contributed by atoms with E-state index in [4.69, 9.17) is 4.74 Å². The summed E-state index contributed by atoms with van der Waals surface area (Å²) in [5.41, 5.74) is 2.65. The van der Waals surface area contributed by atoms with Crippen molar-refractivity contribution < 1.29 is 32.2 Å². The SMILES string of the molecule is C=CC1CC23CC[N+]2(Cc2ccc(OC(F)(F)F)cc2)C(C(O)c2ccnc4ccc(OC)cc24)CC13. The van der Waals surface area contributed by atoms with Crippen LogP contribution in [0.25, 0.3) is 10.9 Å². The molecule has 2 aliphatic heterocycles. The van der Waals surface area contributed by atoms with Gasteiger partial charge >= 0.3 is 6.36 Å². The van der Waals surface area contributed by atoms with Gasteiger partial charge in [-0.25, -0.2) is 0 Å². The summed E-state index contributed by atoms with van der Waals surface area (Å²) in [6, 6.07) is 13.7. The second kappa shape index (κ2) is 8.46. The maximum absolute atomic E-state index is 12.6. The average molecular weight is 512 g/mol. The first-order chi connectivity index (χ1) is 17.7. The van der Waals surface area contributed by atoms with Gasteiger partial charge < -0.3 is 19.1 Å². The fraction of sp³-hybridized carbons (Fsp3) is 0.414. The molecule has 2 aromatic carbocycles. The second-order valence-electron chi connectivity index (χ2n) is 10.7. The molecule has 0 bridgehead atoms. The van der Waals surface area contributed by atoms with E-state index in [9.17, 15) is 18.3 Å². The number of aromatic nitrogens is 1. The Labute approximate surface area is 213 Å². The topological polar surface area (TPSA) is 51.6 Å². The Hall–Kier alpha value is -3.10. The van der Waals surface area contributed by atoms with E-state index in [0.717, 1.165) is 52.3 Å². The molecule has 2 saturated heterocycles. The van der Waals surface area contributed by atoms with Gasteiger partial charge in [0.15, 0.2) is 0 Å². The van der Waals surface area contributed by atoms with Gasteiger partial charge in [0.05, 0.1) is 25.6 Å². The standard InChI is InChI=1S/C29H30F3N2O3/c1-3-19-16-28-11-13-34(28,17-18-4-6-20(7-5-18)37-29(30,31)32)26(15-24(19)28)27(35)22-10-12-33-25-9-8-21(36-2)14-23(22)25/h3-10,12,14,19,24,26-27,35H,1,11,13,15-17H2,2H3/q+1. The predicted molar refractivity (Wildman–Crippen MR) is 133 cm³/mol. The van der Waals surface area contributed by atoms with Crippen molar-refractivity contribution in [2.45, 2.75) is 49.9 Å². The smallest absolute Gasteiger partial charge is 0.497 e. The lowest BCUT2D eigenvalue weighted by Gasteiger charge is -2.67. The molecule has 5 nitrogen and oxygen atoms in total. The molecular formula is C29H30F3N2O3+. The van der Waals surface area contributed by atoms with Gasteiger partial charge in [-0.3, -0.25) is 4.98 Å². The highest BCUT2D eigenvalue weighted by molar-refractivity contribution is 5.84. The number of aliphatic hydroxyl groups is 1. The van der Waals surface area contributed by atoms with Crippen LogP contribution in [-0.4, -0.2) is 46.2 Å². The molecule has 8 heteroatoms. The fourth-order valence-electron chi connectivity index (χ4n) is 7.64. The van der Waals surface area contributed by atoms with Gasteiger partial charge in [0.2, 0.25) is 0 Å². The highest BCUT2D eigenvalue weighted by atomic mass is 19.4. The van der Waals surface area contributed by atoms with Crippen molar-refractivity contribution in [1.29, 1.82) is 0 Å². The van der Waals surface area contributed by atoms with Gasteiger partial charge in [0.1, 0.15) is 35.7 Å². The van der Waals surface area contributed by atoms with Crippen LogP contribution in [0.3, 0.4) is 0 Å². The second-order valence-corrected chi connectivity index (χ2v) is 10.7. The number of hydrogen-bond donors (Lipinski definition) is 1. The minimum Gasteiger partial charge on any atom is -0.497 e. The molecule has 1 spiro atoms. The zero-order chi connectivity index (χ0) is 26.0. The first-order valence-corrected chi connectivity index (χ1v) is 12.6. The molecule has 6 atom stereocenters. The minimum atomic E-state index is -4.72. The molecule has 3 aliphatic rings. The quantitative estimate of drug-likeness (QED) is 0.316. The van der Waals surface area contributed by atoms with E-state index < -0.39 is 12.5 Å². The van der Waals surface area contributed by atoms with Crippen molar-refractivity contribution >= 4 is 10.9 Å². The number of fused-ring (bicyclic) bond motifs is 1. The van der Waals surface area contributed by atoms with Crippen molar-refractivity contribution in [1.82, 2.24) is 4.98 Å².